The molecule has 0 spiro atoms. The molecule has 4 rings (SSSR count). The molecule has 0 unspecified atom stereocenters. The molecule has 9 nitrogen and oxygen atoms in total. The van der Waals surface area contributed by atoms with Crippen LogP contribution < -0.4 is 4.74 Å². The normalized spacial score (nSPS) is 21.6. The fourth-order valence-electron chi connectivity index (χ4n) is 3.42. The molecule has 1 aliphatic heterocycles. The number of phenolic OH excluding ortho intramolecular Hbond substituents is 4. The summed E-state index contributed by atoms with van der Waals surface area (Å²) in [6.45, 7) is -0.280. The highest BCUT2D eigenvalue weighted by molar-refractivity contribution is 5.88. The van der Waals surface area contributed by atoms with Gasteiger partial charge in [0, 0.05) is 31.0 Å². The lowest BCUT2D eigenvalue weighted by molar-refractivity contribution is -0.184. The molecule has 0 bridgehead atoms. The topological polar surface area (TPSA) is 151 Å². The quantitative estimate of drug-likeness (QED) is 0.278. The van der Waals surface area contributed by atoms with E-state index in [0.29, 0.717) is 5.56 Å². The molecule has 1 aromatic heterocycles. The number of hydrogen-bond acceptors (Lipinski definition) is 8. The molecule has 2 heterocycles. The average Bonchev–Trinajstić information content (AvgIpc) is 2.69. The Labute approximate surface area is 170 Å². The van der Waals surface area contributed by atoms with E-state index in [1.807, 2.05) is 0 Å². The van der Waals surface area contributed by atoms with Crippen LogP contribution in [0.4, 0.5) is 0 Å². The van der Waals surface area contributed by atoms with E-state index in [0.717, 1.165) is 6.07 Å². The fourth-order valence-corrected chi connectivity index (χ4v) is 3.42. The van der Waals surface area contributed by atoms with E-state index in [1.54, 1.807) is 0 Å². The maximum atomic E-state index is 10.2. The Balaban J connectivity index is 1.82. The van der Waals surface area contributed by atoms with Gasteiger partial charge in [-0.25, -0.2) is 4.42 Å². The standard InChI is InChI=1S/C21H20O9/c22-9-13-4-11(23)7-20(28-13)29-19-8-14-16(26)5-12(24)6-18(14)30-21(19)10-1-2-15(25)17(27)3-10/h1-3,5-6,8,11,13,20,22-23H,4,7,9H2,(H3-,24,25,26,27)/p+1/t11-,13-,20-/m0/s1. The number of hydrogen-bond donors (Lipinski definition) is 6. The third-order valence-corrected chi connectivity index (χ3v) is 4.86. The lowest BCUT2D eigenvalue weighted by atomic mass is 10.1. The van der Waals surface area contributed by atoms with Crippen LogP contribution in [0.2, 0.25) is 0 Å². The van der Waals surface area contributed by atoms with Gasteiger partial charge in [-0.15, -0.1) is 0 Å². The summed E-state index contributed by atoms with van der Waals surface area (Å²) < 4.78 is 17.4. The van der Waals surface area contributed by atoms with E-state index in [1.165, 1.54) is 30.3 Å². The Hall–Kier alpha value is -3.27. The molecule has 6 N–H and O–H groups in total. The number of aromatic hydroxyl groups is 4. The number of phenols is 4. The largest absolute Gasteiger partial charge is 0.507 e. The van der Waals surface area contributed by atoms with Gasteiger partial charge in [-0.3, -0.25) is 0 Å². The number of benzene rings is 2. The first-order valence-corrected chi connectivity index (χ1v) is 9.30. The molecule has 0 saturated carbocycles. The summed E-state index contributed by atoms with van der Waals surface area (Å²) in [5, 5.41) is 59.1. The van der Waals surface area contributed by atoms with Crippen LogP contribution in [0.15, 0.2) is 40.8 Å². The number of ether oxygens (including phenoxy) is 2. The van der Waals surface area contributed by atoms with Gasteiger partial charge in [-0.1, -0.05) is 0 Å². The number of aliphatic hydroxyl groups is 2. The lowest BCUT2D eigenvalue weighted by Crippen LogP contribution is -2.40. The van der Waals surface area contributed by atoms with E-state index in [2.05, 4.69) is 0 Å². The zero-order valence-corrected chi connectivity index (χ0v) is 15.7. The molecule has 30 heavy (non-hydrogen) atoms. The van der Waals surface area contributed by atoms with Crippen LogP contribution >= 0.6 is 0 Å². The molecular weight excluding hydrogens is 396 g/mol. The summed E-state index contributed by atoms with van der Waals surface area (Å²) in [6.07, 6.45) is -1.80. The van der Waals surface area contributed by atoms with Crippen molar-refractivity contribution in [2.75, 3.05) is 6.61 Å². The molecule has 9 heteroatoms. The van der Waals surface area contributed by atoms with E-state index < -0.39 is 18.5 Å². The second-order valence-electron chi connectivity index (χ2n) is 7.13. The van der Waals surface area contributed by atoms with Crippen LogP contribution in [0.25, 0.3) is 22.3 Å². The molecule has 0 aliphatic carbocycles. The summed E-state index contributed by atoms with van der Waals surface area (Å²) in [5.41, 5.74) is 0.500. The van der Waals surface area contributed by atoms with E-state index >= 15 is 0 Å². The van der Waals surface area contributed by atoms with Crippen LogP contribution in [0.3, 0.4) is 0 Å². The van der Waals surface area contributed by atoms with Crippen LogP contribution in [-0.2, 0) is 4.74 Å². The molecule has 1 saturated heterocycles. The highest BCUT2D eigenvalue weighted by Gasteiger charge is 2.33. The predicted octanol–water partition coefficient (Wildman–Crippen LogP) is 2.44. The van der Waals surface area contributed by atoms with Gasteiger partial charge in [-0.05, 0) is 12.1 Å². The first-order chi connectivity index (χ1) is 14.3. The van der Waals surface area contributed by atoms with Crippen molar-refractivity contribution >= 4 is 11.0 Å². The molecule has 3 atom stereocenters. The van der Waals surface area contributed by atoms with Gasteiger partial charge in [0.2, 0.25) is 12.0 Å². The Morgan fingerprint density at radius 3 is 2.50 bits per heavy atom. The Bertz CT molecular complexity index is 1080. The first-order valence-electron chi connectivity index (χ1n) is 9.30. The SMILES string of the molecule is OC[C@@H]1C[C@H](O)C[C@H](Oc2cc3c(O)cc(O)cc3[o+]c2-c2ccc(O)c(O)c2)O1. The second-order valence-corrected chi connectivity index (χ2v) is 7.13. The highest BCUT2D eigenvalue weighted by atomic mass is 16.7. The zero-order chi connectivity index (χ0) is 21.4. The maximum absolute atomic E-state index is 10.2. The van der Waals surface area contributed by atoms with Crippen molar-refractivity contribution in [2.24, 2.45) is 0 Å². The number of fused-ring (bicyclic) bond motifs is 1. The predicted molar refractivity (Wildman–Crippen MR) is 104 cm³/mol. The molecule has 1 aliphatic rings. The molecule has 3 aromatic rings. The minimum Gasteiger partial charge on any atom is -0.507 e. The number of rotatable bonds is 4. The average molecular weight is 417 g/mol. The second kappa shape index (κ2) is 7.86. The molecule has 158 valence electrons. The van der Waals surface area contributed by atoms with Crippen LogP contribution in [0.1, 0.15) is 12.8 Å². The minimum absolute atomic E-state index is 0.129. The van der Waals surface area contributed by atoms with Crippen molar-refractivity contribution < 1.29 is 44.5 Å². The van der Waals surface area contributed by atoms with Gasteiger partial charge in [-0.2, -0.15) is 0 Å². The monoisotopic (exact) mass is 417 g/mol. The van der Waals surface area contributed by atoms with Gasteiger partial charge < -0.3 is 40.1 Å². The van der Waals surface area contributed by atoms with Crippen molar-refractivity contribution in [1.82, 2.24) is 0 Å². The van der Waals surface area contributed by atoms with E-state index in [9.17, 15) is 30.6 Å². The highest BCUT2D eigenvalue weighted by Crippen LogP contribution is 2.42. The minimum atomic E-state index is -0.901. The number of aliphatic hydroxyl groups excluding tert-OH is 2. The third-order valence-electron chi connectivity index (χ3n) is 4.86. The fraction of sp³-hybridized carbons (Fsp3) is 0.286. The summed E-state index contributed by atoms with van der Waals surface area (Å²) in [5.74, 6) is -0.881. The van der Waals surface area contributed by atoms with Crippen LogP contribution in [0.5, 0.6) is 28.7 Å². The van der Waals surface area contributed by atoms with E-state index in [-0.39, 0.29) is 64.9 Å². The molecule has 0 amide bonds. The molecule has 2 aromatic carbocycles. The first kappa shape index (κ1) is 20.0. The van der Waals surface area contributed by atoms with Crippen molar-refractivity contribution in [2.45, 2.75) is 31.3 Å². The smallest absolute Gasteiger partial charge is 0.402 e. The molecule has 0 radical (unpaired) electrons. The summed E-state index contributed by atoms with van der Waals surface area (Å²) in [7, 11) is 0. The van der Waals surface area contributed by atoms with E-state index in [4.69, 9.17) is 13.9 Å². The zero-order valence-electron chi connectivity index (χ0n) is 15.7. The third kappa shape index (κ3) is 3.90. The molecule has 1 fully saturated rings. The van der Waals surface area contributed by atoms with Crippen molar-refractivity contribution in [3.05, 3.63) is 36.4 Å². The van der Waals surface area contributed by atoms with Crippen LogP contribution in [0, 0.1) is 0 Å². The van der Waals surface area contributed by atoms with Gasteiger partial charge in [0.25, 0.3) is 0 Å². The Morgan fingerprint density at radius 2 is 1.77 bits per heavy atom. The lowest BCUT2D eigenvalue weighted by Gasteiger charge is -2.31. The van der Waals surface area contributed by atoms with Gasteiger partial charge in [0.05, 0.1) is 30.4 Å². The van der Waals surface area contributed by atoms with Crippen molar-refractivity contribution in [1.29, 1.82) is 0 Å². The van der Waals surface area contributed by atoms with Gasteiger partial charge in [0.1, 0.15) is 16.9 Å². The van der Waals surface area contributed by atoms with Crippen molar-refractivity contribution in [3.63, 3.8) is 0 Å². The van der Waals surface area contributed by atoms with Crippen molar-refractivity contribution in [3.8, 4) is 40.1 Å². The summed E-state index contributed by atoms with van der Waals surface area (Å²) in [4.78, 5) is 0. The maximum Gasteiger partial charge on any atom is 0.402 e. The Morgan fingerprint density at radius 1 is 0.967 bits per heavy atom. The Kier molecular flexibility index (Phi) is 5.25. The molecular formula is C21H21O9+. The van der Waals surface area contributed by atoms with Crippen LogP contribution in [-0.4, -0.2) is 55.7 Å². The van der Waals surface area contributed by atoms with Gasteiger partial charge in [0.15, 0.2) is 11.5 Å². The van der Waals surface area contributed by atoms with Gasteiger partial charge >= 0.3 is 11.3 Å². The summed E-state index contributed by atoms with van der Waals surface area (Å²) >= 11 is 0. The summed E-state index contributed by atoms with van der Waals surface area (Å²) in [6, 6.07) is 7.97.